The van der Waals surface area contributed by atoms with Crippen LogP contribution in [0.1, 0.15) is 162 Å². The maximum Gasteiger partial charge on any atom is -0.0533 e. The number of unbranched alkanes of at least 4 members (excludes halogenated alkanes) is 22. The van der Waals surface area contributed by atoms with Crippen LogP contribution < -0.4 is 0 Å². The molecule has 0 N–H and O–H groups in total. The molecule has 0 bridgehead atoms. The molecule has 0 saturated carbocycles. The minimum Gasteiger partial charge on any atom is -0.0654 e. The first-order valence-electron chi connectivity index (χ1n) is 12.4. The van der Waals surface area contributed by atoms with Crippen molar-refractivity contribution in [2.75, 3.05) is 0 Å². The Kier molecular flexibility index (Phi) is 24.0. The predicted octanol–water partition coefficient (Wildman–Crippen LogP) is 10.00. The van der Waals surface area contributed by atoms with Gasteiger partial charge in [0.2, 0.25) is 0 Å². The molecule has 0 aromatic heterocycles. The fourth-order valence-corrected chi connectivity index (χ4v) is 3.86. The Hall–Kier alpha value is 0. The van der Waals surface area contributed by atoms with Crippen molar-refractivity contribution in [3.8, 4) is 0 Å². The monoisotopic (exact) mass is 352 g/mol. The van der Waals surface area contributed by atoms with Crippen molar-refractivity contribution in [1.82, 2.24) is 0 Å². The molecule has 0 fully saturated rings. The summed E-state index contributed by atoms with van der Waals surface area (Å²) in [7, 11) is 0. The standard InChI is InChI=1S/C25H52/c1-3-5-7-9-11-13-15-17-19-21-23-25-24-22-20-18-16-14-12-10-8-6-4-2/h3-25H2,1-2H3. The molecule has 0 heteroatoms. The van der Waals surface area contributed by atoms with E-state index in [4.69, 9.17) is 0 Å². The van der Waals surface area contributed by atoms with Gasteiger partial charge in [-0.15, -0.1) is 0 Å². The summed E-state index contributed by atoms with van der Waals surface area (Å²) in [5.41, 5.74) is 0. The summed E-state index contributed by atoms with van der Waals surface area (Å²) < 4.78 is 0. The zero-order chi connectivity index (χ0) is 18.3. The van der Waals surface area contributed by atoms with Gasteiger partial charge in [0.1, 0.15) is 0 Å². The second-order valence-corrected chi connectivity index (χ2v) is 8.42. The third kappa shape index (κ3) is 24.0. The Labute approximate surface area is 161 Å². The van der Waals surface area contributed by atoms with Crippen LogP contribution in [0.2, 0.25) is 0 Å². The van der Waals surface area contributed by atoms with Crippen molar-refractivity contribution in [2.24, 2.45) is 0 Å². The maximum absolute atomic E-state index is 2.30. The van der Waals surface area contributed by atoms with E-state index in [1.807, 2.05) is 0 Å². The Morgan fingerprint density at radius 2 is 0.320 bits per heavy atom. The van der Waals surface area contributed by atoms with Crippen molar-refractivity contribution in [3.63, 3.8) is 0 Å². The van der Waals surface area contributed by atoms with Gasteiger partial charge < -0.3 is 0 Å². The molecule has 0 rings (SSSR count). The average Bonchev–Trinajstić information content (AvgIpc) is 2.63. The van der Waals surface area contributed by atoms with E-state index >= 15 is 0 Å². The molecule has 0 aliphatic carbocycles. The molecule has 152 valence electrons. The smallest absolute Gasteiger partial charge is 0.0533 e. The van der Waals surface area contributed by atoms with E-state index in [1.54, 1.807) is 0 Å². The van der Waals surface area contributed by atoms with Crippen molar-refractivity contribution in [2.45, 2.75) is 162 Å². The molecular formula is C25H52. The van der Waals surface area contributed by atoms with Gasteiger partial charge in [0.15, 0.2) is 0 Å². The number of hydrogen-bond acceptors (Lipinski definition) is 0. The Morgan fingerprint density at radius 1 is 0.200 bits per heavy atom. The first-order chi connectivity index (χ1) is 12.4. The van der Waals surface area contributed by atoms with E-state index in [2.05, 4.69) is 13.8 Å². The molecule has 0 radical (unpaired) electrons. The fraction of sp³-hybridized carbons (Fsp3) is 1.00. The molecule has 0 atom stereocenters. The topological polar surface area (TPSA) is 0 Å². The summed E-state index contributed by atoms with van der Waals surface area (Å²) >= 11 is 0. The van der Waals surface area contributed by atoms with Crippen LogP contribution in [-0.2, 0) is 0 Å². The summed E-state index contributed by atoms with van der Waals surface area (Å²) in [6, 6.07) is 0. The highest BCUT2D eigenvalue weighted by Crippen LogP contribution is 2.15. The van der Waals surface area contributed by atoms with E-state index in [9.17, 15) is 0 Å². The van der Waals surface area contributed by atoms with Crippen LogP contribution in [0.4, 0.5) is 0 Å². The van der Waals surface area contributed by atoms with Crippen molar-refractivity contribution in [1.29, 1.82) is 0 Å². The third-order valence-corrected chi connectivity index (χ3v) is 5.71. The molecule has 25 heavy (non-hydrogen) atoms. The Bertz CT molecular complexity index is 186. The summed E-state index contributed by atoms with van der Waals surface area (Å²) in [6.45, 7) is 4.60. The molecule has 0 aliphatic rings. The lowest BCUT2D eigenvalue weighted by Gasteiger charge is -2.04. The normalized spacial score (nSPS) is 11.3. The molecule has 0 unspecified atom stereocenters. The first kappa shape index (κ1) is 25.0. The summed E-state index contributed by atoms with van der Waals surface area (Å²) in [5.74, 6) is 0. The van der Waals surface area contributed by atoms with Gasteiger partial charge in [-0.3, -0.25) is 0 Å². The zero-order valence-corrected chi connectivity index (χ0v) is 18.3. The van der Waals surface area contributed by atoms with Gasteiger partial charge in [-0.2, -0.15) is 0 Å². The fourth-order valence-electron chi connectivity index (χ4n) is 3.86. The SMILES string of the molecule is CCCCCCCCCCCCCCCCCCCCCCCCC. The zero-order valence-electron chi connectivity index (χ0n) is 18.3. The molecule has 0 aliphatic heterocycles. The van der Waals surface area contributed by atoms with Gasteiger partial charge >= 0.3 is 0 Å². The van der Waals surface area contributed by atoms with Crippen LogP contribution in [0.15, 0.2) is 0 Å². The van der Waals surface area contributed by atoms with Crippen LogP contribution in [0.25, 0.3) is 0 Å². The average molecular weight is 353 g/mol. The van der Waals surface area contributed by atoms with Crippen LogP contribution in [0, 0.1) is 0 Å². The van der Waals surface area contributed by atoms with Gasteiger partial charge in [0, 0.05) is 0 Å². The molecule has 0 nitrogen and oxygen atoms in total. The highest BCUT2D eigenvalue weighted by molar-refractivity contribution is 4.51. The van der Waals surface area contributed by atoms with E-state index in [0.29, 0.717) is 0 Å². The van der Waals surface area contributed by atoms with E-state index < -0.39 is 0 Å². The second-order valence-electron chi connectivity index (χ2n) is 8.42. The van der Waals surface area contributed by atoms with Crippen molar-refractivity contribution >= 4 is 0 Å². The molecule has 0 saturated heterocycles. The summed E-state index contributed by atoms with van der Waals surface area (Å²) in [6.07, 6.45) is 33.9. The van der Waals surface area contributed by atoms with E-state index in [1.165, 1.54) is 148 Å². The predicted molar refractivity (Wildman–Crippen MR) is 118 cm³/mol. The van der Waals surface area contributed by atoms with Gasteiger partial charge in [0.25, 0.3) is 0 Å². The number of rotatable bonds is 22. The van der Waals surface area contributed by atoms with Crippen LogP contribution in [0.3, 0.4) is 0 Å². The van der Waals surface area contributed by atoms with Gasteiger partial charge in [-0.1, -0.05) is 162 Å². The molecule has 0 aromatic rings. The Morgan fingerprint density at radius 3 is 0.440 bits per heavy atom. The minimum atomic E-state index is 1.37. The van der Waals surface area contributed by atoms with E-state index in [0.717, 1.165) is 0 Å². The first-order valence-corrected chi connectivity index (χ1v) is 12.4. The van der Waals surface area contributed by atoms with Crippen LogP contribution in [0.5, 0.6) is 0 Å². The van der Waals surface area contributed by atoms with Gasteiger partial charge in [-0.05, 0) is 0 Å². The molecular weight excluding hydrogens is 300 g/mol. The summed E-state index contributed by atoms with van der Waals surface area (Å²) in [4.78, 5) is 0. The van der Waals surface area contributed by atoms with Crippen LogP contribution >= 0.6 is 0 Å². The minimum absolute atomic E-state index is 1.37. The molecule has 0 spiro atoms. The quantitative estimate of drug-likeness (QED) is 0.170. The molecule has 0 aromatic carbocycles. The van der Waals surface area contributed by atoms with Crippen molar-refractivity contribution < 1.29 is 0 Å². The lowest BCUT2D eigenvalue weighted by Crippen LogP contribution is -1.84. The van der Waals surface area contributed by atoms with Crippen LogP contribution in [-0.4, -0.2) is 0 Å². The largest absolute Gasteiger partial charge is 0.0654 e. The van der Waals surface area contributed by atoms with E-state index in [-0.39, 0.29) is 0 Å². The highest BCUT2D eigenvalue weighted by Gasteiger charge is 1.95. The molecule has 0 heterocycles. The van der Waals surface area contributed by atoms with Crippen molar-refractivity contribution in [3.05, 3.63) is 0 Å². The Balaban J connectivity index is 2.94. The second kappa shape index (κ2) is 24.0. The molecule has 0 amide bonds. The summed E-state index contributed by atoms with van der Waals surface area (Å²) in [5, 5.41) is 0. The van der Waals surface area contributed by atoms with Gasteiger partial charge in [0.05, 0.1) is 0 Å². The van der Waals surface area contributed by atoms with Gasteiger partial charge in [-0.25, -0.2) is 0 Å². The highest BCUT2D eigenvalue weighted by atomic mass is 14.0. The third-order valence-electron chi connectivity index (χ3n) is 5.71. The lowest BCUT2D eigenvalue weighted by atomic mass is 10.0. The maximum atomic E-state index is 2.30. The lowest BCUT2D eigenvalue weighted by molar-refractivity contribution is 0.519. The number of hydrogen-bond donors (Lipinski definition) is 0.